The summed E-state index contributed by atoms with van der Waals surface area (Å²) in [5.74, 6) is 0.170. The molecule has 0 bridgehead atoms. The summed E-state index contributed by atoms with van der Waals surface area (Å²) in [6, 6.07) is 13.4. The van der Waals surface area contributed by atoms with E-state index in [0.29, 0.717) is 41.8 Å². The van der Waals surface area contributed by atoms with Crippen LogP contribution in [0.25, 0.3) is 5.76 Å². The molecule has 0 saturated carbocycles. The number of carbonyl (C=O) groups is 2. The average molecular weight is 468 g/mol. The highest BCUT2D eigenvalue weighted by Crippen LogP contribution is 2.39. The second-order valence-corrected chi connectivity index (χ2v) is 8.63. The molecule has 2 aromatic carbocycles. The minimum absolute atomic E-state index is 0.0548. The Balaban J connectivity index is 1.99. The van der Waals surface area contributed by atoms with E-state index in [-0.39, 0.29) is 24.5 Å². The van der Waals surface area contributed by atoms with Gasteiger partial charge in [0.15, 0.2) is 0 Å². The van der Waals surface area contributed by atoms with Crippen molar-refractivity contribution >= 4 is 17.4 Å². The van der Waals surface area contributed by atoms with Crippen molar-refractivity contribution in [2.24, 2.45) is 5.92 Å². The lowest BCUT2D eigenvalue weighted by Crippen LogP contribution is -2.32. The minimum Gasteiger partial charge on any atom is -0.507 e. The van der Waals surface area contributed by atoms with Gasteiger partial charge in [0, 0.05) is 19.2 Å². The normalized spacial score (nSPS) is 17.4. The largest absolute Gasteiger partial charge is 0.507 e. The molecule has 1 heterocycles. The number of methoxy groups -OCH3 is 1. The van der Waals surface area contributed by atoms with Crippen molar-refractivity contribution in [3.05, 3.63) is 65.2 Å². The van der Waals surface area contributed by atoms with Crippen LogP contribution in [0.5, 0.6) is 11.5 Å². The lowest BCUT2D eigenvalue weighted by Gasteiger charge is -2.25. The van der Waals surface area contributed by atoms with Crippen molar-refractivity contribution in [1.82, 2.24) is 4.90 Å². The predicted molar refractivity (Wildman–Crippen MR) is 130 cm³/mol. The molecule has 0 spiro atoms. The summed E-state index contributed by atoms with van der Waals surface area (Å²) in [6.07, 6.45) is 0.883. The molecule has 1 atom stereocenters. The van der Waals surface area contributed by atoms with Crippen LogP contribution >= 0.6 is 0 Å². The number of aliphatic hydroxyl groups is 1. The molecular formula is C27H33NO6. The fourth-order valence-electron chi connectivity index (χ4n) is 3.74. The summed E-state index contributed by atoms with van der Waals surface area (Å²) < 4.78 is 16.5. The first-order valence-corrected chi connectivity index (χ1v) is 11.6. The van der Waals surface area contributed by atoms with Gasteiger partial charge < -0.3 is 24.2 Å². The standard InChI is InChI=1S/C27H33NO6/c1-5-15-33-21-12-8-20(9-13-21)25(29)23-24(28(14-16-32-4)27(31)26(23)30)19-6-10-22(11-7-19)34-17-18(2)3/h6-13,18,24,29H,5,14-17H2,1-4H3/b25-23-. The van der Waals surface area contributed by atoms with Gasteiger partial charge in [0.1, 0.15) is 17.3 Å². The highest BCUT2D eigenvalue weighted by molar-refractivity contribution is 6.46. The second-order valence-electron chi connectivity index (χ2n) is 8.63. The van der Waals surface area contributed by atoms with Crippen LogP contribution in [0, 0.1) is 5.92 Å². The molecule has 182 valence electrons. The lowest BCUT2D eigenvalue weighted by molar-refractivity contribution is -0.140. The Bertz CT molecular complexity index is 1010. The summed E-state index contributed by atoms with van der Waals surface area (Å²) in [5.41, 5.74) is 1.20. The number of carbonyl (C=O) groups excluding carboxylic acids is 2. The molecule has 1 saturated heterocycles. The maximum atomic E-state index is 13.0. The summed E-state index contributed by atoms with van der Waals surface area (Å²) in [4.78, 5) is 27.4. The van der Waals surface area contributed by atoms with Crippen molar-refractivity contribution in [3.8, 4) is 11.5 Å². The zero-order valence-corrected chi connectivity index (χ0v) is 20.2. The Hall–Kier alpha value is -3.32. The van der Waals surface area contributed by atoms with Gasteiger partial charge in [0.25, 0.3) is 11.7 Å². The third-order valence-corrected chi connectivity index (χ3v) is 5.46. The zero-order valence-electron chi connectivity index (χ0n) is 20.2. The van der Waals surface area contributed by atoms with Crippen LogP contribution in [-0.4, -0.2) is 55.2 Å². The number of nitrogens with zero attached hydrogens (tertiary/aromatic N) is 1. The van der Waals surface area contributed by atoms with E-state index >= 15 is 0 Å². The van der Waals surface area contributed by atoms with Crippen molar-refractivity contribution in [2.75, 3.05) is 33.5 Å². The maximum absolute atomic E-state index is 13.0. The van der Waals surface area contributed by atoms with Gasteiger partial charge in [0.05, 0.1) is 31.4 Å². The van der Waals surface area contributed by atoms with Crippen LogP contribution < -0.4 is 9.47 Å². The molecule has 3 rings (SSSR count). The van der Waals surface area contributed by atoms with Crippen LogP contribution in [0.3, 0.4) is 0 Å². The lowest BCUT2D eigenvalue weighted by atomic mass is 9.95. The first-order valence-electron chi connectivity index (χ1n) is 11.6. The fraction of sp³-hybridized carbons (Fsp3) is 0.407. The zero-order chi connectivity index (χ0) is 24.7. The Labute approximate surface area is 200 Å². The summed E-state index contributed by atoms with van der Waals surface area (Å²) in [6.45, 7) is 7.82. The summed E-state index contributed by atoms with van der Waals surface area (Å²) in [7, 11) is 1.54. The predicted octanol–water partition coefficient (Wildman–Crippen LogP) is 4.58. The third kappa shape index (κ3) is 5.78. The van der Waals surface area contributed by atoms with E-state index < -0.39 is 17.7 Å². The Morgan fingerprint density at radius 2 is 1.59 bits per heavy atom. The SMILES string of the molecule is CCCOc1ccc(/C(O)=C2/C(=O)C(=O)N(CCOC)C2c2ccc(OCC(C)C)cc2)cc1. The van der Waals surface area contributed by atoms with Crippen molar-refractivity contribution in [3.63, 3.8) is 0 Å². The minimum atomic E-state index is -0.731. The van der Waals surface area contributed by atoms with Crippen LogP contribution in [0.4, 0.5) is 0 Å². The van der Waals surface area contributed by atoms with Gasteiger partial charge >= 0.3 is 0 Å². The van der Waals surface area contributed by atoms with Crippen molar-refractivity contribution in [2.45, 2.75) is 33.2 Å². The number of Topliss-reactive ketones (excluding diaryl/α,β-unsaturated/α-hetero) is 1. The van der Waals surface area contributed by atoms with Gasteiger partial charge in [-0.3, -0.25) is 9.59 Å². The first kappa shape index (κ1) is 25.3. The number of amides is 1. The summed E-state index contributed by atoms with van der Waals surface area (Å²) >= 11 is 0. The highest BCUT2D eigenvalue weighted by Gasteiger charge is 2.45. The third-order valence-electron chi connectivity index (χ3n) is 5.46. The van der Waals surface area contributed by atoms with E-state index in [2.05, 4.69) is 13.8 Å². The Morgan fingerprint density at radius 1 is 0.971 bits per heavy atom. The molecule has 1 fully saturated rings. The Morgan fingerprint density at radius 3 is 2.18 bits per heavy atom. The number of benzene rings is 2. The molecule has 0 aliphatic carbocycles. The Kier molecular flexibility index (Phi) is 8.71. The average Bonchev–Trinajstić information content (AvgIpc) is 3.10. The van der Waals surface area contributed by atoms with E-state index in [1.54, 1.807) is 24.3 Å². The molecule has 7 nitrogen and oxygen atoms in total. The monoisotopic (exact) mass is 467 g/mol. The van der Waals surface area contributed by atoms with Gasteiger partial charge in [0.2, 0.25) is 0 Å². The van der Waals surface area contributed by atoms with E-state index in [4.69, 9.17) is 14.2 Å². The van der Waals surface area contributed by atoms with Crippen LogP contribution in [-0.2, 0) is 14.3 Å². The smallest absolute Gasteiger partial charge is 0.295 e. The molecule has 1 N–H and O–H groups in total. The van der Waals surface area contributed by atoms with Crippen LogP contribution in [0.1, 0.15) is 44.4 Å². The van der Waals surface area contributed by atoms with E-state index in [9.17, 15) is 14.7 Å². The molecule has 7 heteroatoms. The fourth-order valence-corrected chi connectivity index (χ4v) is 3.74. The number of rotatable bonds is 11. The highest BCUT2D eigenvalue weighted by atomic mass is 16.5. The van der Waals surface area contributed by atoms with E-state index in [1.807, 2.05) is 31.2 Å². The molecule has 34 heavy (non-hydrogen) atoms. The van der Waals surface area contributed by atoms with Crippen molar-refractivity contribution in [1.29, 1.82) is 0 Å². The molecule has 1 unspecified atom stereocenters. The van der Waals surface area contributed by atoms with E-state index in [0.717, 1.165) is 6.42 Å². The van der Waals surface area contributed by atoms with Crippen LogP contribution in [0.2, 0.25) is 0 Å². The second kappa shape index (κ2) is 11.7. The number of hydrogen-bond donors (Lipinski definition) is 1. The number of ketones is 1. The number of ether oxygens (including phenoxy) is 3. The molecule has 1 amide bonds. The number of aliphatic hydroxyl groups excluding tert-OH is 1. The van der Waals surface area contributed by atoms with Gasteiger partial charge in [-0.25, -0.2) is 0 Å². The maximum Gasteiger partial charge on any atom is 0.295 e. The van der Waals surface area contributed by atoms with Crippen molar-refractivity contribution < 1.29 is 28.9 Å². The molecule has 0 aromatic heterocycles. The molecule has 1 aliphatic heterocycles. The number of likely N-dealkylation sites (tertiary alicyclic amines) is 1. The quantitative estimate of drug-likeness (QED) is 0.296. The molecule has 0 radical (unpaired) electrons. The molecule has 2 aromatic rings. The molecular weight excluding hydrogens is 434 g/mol. The van der Waals surface area contributed by atoms with Gasteiger partial charge in [-0.05, 0) is 54.3 Å². The number of hydrogen-bond acceptors (Lipinski definition) is 6. The van der Waals surface area contributed by atoms with E-state index in [1.165, 1.54) is 12.0 Å². The van der Waals surface area contributed by atoms with Gasteiger partial charge in [-0.15, -0.1) is 0 Å². The first-order chi connectivity index (χ1) is 16.4. The van der Waals surface area contributed by atoms with Gasteiger partial charge in [-0.2, -0.15) is 0 Å². The van der Waals surface area contributed by atoms with Gasteiger partial charge in [-0.1, -0.05) is 32.9 Å². The topological polar surface area (TPSA) is 85.3 Å². The van der Waals surface area contributed by atoms with Crippen LogP contribution in [0.15, 0.2) is 54.1 Å². The molecule has 1 aliphatic rings. The summed E-state index contributed by atoms with van der Waals surface area (Å²) in [5, 5.41) is 11.1.